The van der Waals surface area contributed by atoms with Crippen LogP contribution in [0, 0.1) is 5.82 Å². The van der Waals surface area contributed by atoms with E-state index in [9.17, 15) is 9.18 Å². The van der Waals surface area contributed by atoms with Crippen molar-refractivity contribution in [3.8, 4) is 0 Å². The molecule has 0 aliphatic heterocycles. The van der Waals surface area contributed by atoms with Crippen LogP contribution < -0.4 is 11.1 Å². The highest BCUT2D eigenvalue weighted by Gasteiger charge is 2.15. The Morgan fingerprint density at radius 2 is 2.38 bits per heavy atom. The number of nitrogens with two attached hydrogens (primary N) is 1. The predicted molar refractivity (Wildman–Crippen MR) is 59.9 cm³/mol. The average molecular weight is 247 g/mol. The summed E-state index contributed by atoms with van der Waals surface area (Å²) in [5.41, 5.74) is 5.47. The summed E-state index contributed by atoms with van der Waals surface area (Å²) in [6, 6.07) is 3.03. The van der Waals surface area contributed by atoms with Gasteiger partial charge < -0.3 is 15.8 Å². The Morgan fingerprint density at radius 3 is 3.00 bits per heavy atom. The lowest BCUT2D eigenvalue weighted by Gasteiger charge is -2.11. The highest BCUT2D eigenvalue weighted by Crippen LogP contribution is 2.19. The van der Waals surface area contributed by atoms with Crippen molar-refractivity contribution in [2.75, 3.05) is 19.0 Å². The molecule has 1 aromatic rings. The second kappa shape index (κ2) is 5.79. The zero-order valence-electron chi connectivity index (χ0n) is 8.67. The fraction of sp³-hybridized carbons (Fsp3) is 0.300. The molecule has 0 bridgehead atoms. The number of halogens is 2. The standard InChI is InChI=1S/C10H12ClFN2O2/c1-16-5-8(13)10(15)14-9-4-6(11)2-3-7(9)12/h2-4,8H,5,13H2,1H3,(H,14,15). The molecule has 0 heterocycles. The third-order valence-corrected chi connectivity index (χ3v) is 2.10. The first-order chi connectivity index (χ1) is 7.54. The minimum atomic E-state index is -0.844. The largest absolute Gasteiger partial charge is 0.383 e. The van der Waals surface area contributed by atoms with Gasteiger partial charge in [0.15, 0.2) is 0 Å². The van der Waals surface area contributed by atoms with Crippen molar-refractivity contribution in [2.24, 2.45) is 5.73 Å². The van der Waals surface area contributed by atoms with Crippen molar-refractivity contribution in [1.82, 2.24) is 0 Å². The zero-order chi connectivity index (χ0) is 12.1. The van der Waals surface area contributed by atoms with E-state index in [1.165, 1.54) is 25.3 Å². The monoisotopic (exact) mass is 246 g/mol. The lowest BCUT2D eigenvalue weighted by Crippen LogP contribution is -2.39. The molecule has 4 nitrogen and oxygen atoms in total. The molecule has 6 heteroatoms. The fourth-order valence-corrected chi connectivity index (χ4v) is 1.25. The van der Waals surface area contributed by atoms with Gasteiger partial charge in [-0.25, -0.2) is 4.39 Å². The van der Waals surface area contributed by atoms with Crippen LogP contribution in [0.4, 0.5) is 10.1 Å². The van der Waals surface area contributed by atoms with Crippen molar-refractivity contribution in [2.45, 2.75) is 6.04 Å². The van der Waals surface area contributed by atoms with E-state index in [0.717, 1.165) is 0 Å². The fourth-order valence-electron chi connectivity index (χ4n) is 1.07. The van der Waals surface area contributed by atoms with E-state index < -0.39 is 17.8 Å². The maximum Gasteiger partial charge on any atom is 0.243 e. The molecule has 1 aromatic carbocycles. The van der Waals surface area contributed by atoms with Crippen LogP contribution in [0.5, 0.6) is 0 Å². The summed E-state index contributed by atoms with van der Waals surface area (Å²) in [6.07, 6.45) is 0. The molecular weight excluding hydrogens is 235 g/mol. The smallest absolute Gasteiger partial charge is 0.243 e. The van der Waals surface area contributed by atoms with Crippen LogP contribution in [-0.2, 0) is 9.53 Å². The number of hydrogen-bond acceptors (Lipinski definition) is 3. The Balaban J connectivity index is 2.72. The minimum absolute atomic E-state index is 0.00375. The van der Waals surface area contributed by atoms with E-state index in [4.69, 9.17) is 22.1 Å². The van der Waals surface area contributed by atoms with Gasteiger partial charge in [0.25, 0.3) is 0 Å². The van der Waals surface area contributed by atoms with E-state index in [0.29, 0.717) is 5.02 Å². The Kier molecular flexibility index (Phi) is 4.67. The summed E-state index contributed by atoms with van der Waals surface area (Å²) in [5.74, 6) is -1.09. The van der Waals surface area contributed by atoms with Crippen LogP contribution in [-0.4, -0.2) is 25.7 Å². The molecular formula is C10H12ClFN2O2. The number of amides is 1. The Bertz CT molecular complexity index is 387. The van der Waals surface area contributed by atoms with Gasteiger partial charge in [-0.1, -0.05) is 11.6 Å². The molecule has 1 atom stereocenters. The topological polar surface area (TPSA) is 64.3 Å². The van der Waals surface area contributed by atoms with Crippen LogP contribution in [0.15, 0.2) is 18.2 Å². The first-order valence-corrected chi connectivity index (χ1v) is 4.93. The summed E-state index contributed by atoms with van der Waals surface area (Å²) in [5, 5.41) is 2.66. The van der Waals surface area contributed by atoms with Crippen molar-refractivity contribution in [3.05, 3.63) is 29.0 Å². The quantitative estimate of drug-likeness (QED) is 0.844. The van der Waals surface area contributed by atoms with E-state index in [-0.39, 0.29) is 12.3 Å². The van der Waals surface area contributed by atoms with Gasteiger partial charge in [-0.05, 0) is 18.2 Å². The van der Waals surface area contributed by atoms with Crippen LogP contribution in [0.3, 0.4) is 0 Å². The number of rotatable bonds is 4. The third-order valence-electron chi connectivity index (χ3n) is 1.87. The first-order valence-electron chi connectivity index (χ1n) is 4.55. The van der Waals surface area contributed by atoms with Gasteiger partial charge in [-0.3, -0.25) is 4.79 Å². The van der Waals surface area contributed by atoms with Gasteiger partial charge in [0.05, 0.1) is 12.3 Å². The first kappa shape index (κ1) is 12.9. The number of nitrogens with one attached hydrogen (secondary N) is 1. The van der Waals surface area contributed by atoms with Crippen LogP contribution in [0.2, 0.25) is 5.02 Å². The van der Waals surface area contributed by atoms with E-state index in [2.05, 4.69) is 5.32 Å². The molecule has 0 saturated heterocycles. The summed E-state index contributed by atoms with van der Waals surface area (Å²) in [7, 11) is 1.42. The van der Waals surface area contributed by atoms with E-state index in [1.54, 1.807) is 0 Å². The number of carbonyl (C=O) groups excluding carboxylic acids is 1. The Labute approximate surface area is 97.5 Å². The highest BCUT2D eigenvalue weighted by molar-refractivity contribution is 6.30. The molecule has 3 N–H and O–H groups in total. The Hall–Kier alpha value is -1.17. The lowest BCUT2D eigenvalue weighted by molar-refractivity contribution is -0.118. The maximum atomic E-state index is 13.2. The molecule has 0 aliphatic rings. The van der Waals surface area contributed by atoms with Gasteiger partial charge in [-0.15, -0.1) is 0 Å². The molecule has 0 saturated carbocycles. The number of benzene rings is 1. The number of methoxy groups -OCH3 is 1. The van der Waals surface area contributed by atoms with Crippen LogP contribution in [0.25, 0.3) is 0 Å². The lowest BCUT2D eigenvalue weighted by atomic mass is 10.2. The van der Waals surface area contributed by atoms with Crippen molar-refractivity contribution < 1.29 is 13.9 Å². The Morgan fingerprint density at radius 1 is 1.69 bits per heavy atom. The van der Waals surface area contributed by atoms with Gasteiger partial charge in [0.2, 0.25) is 5.91 Å². The molecule has 0 aliphatic carbocycles. The summed E-state index contributed by atoms with van der Waals surface area (Å²) < 4.78 is 17.9. The number of carbonyl (C=O) groups is 1. The van der Waals surface area contributed by atoms with Crippen LogP contribution in [0.1, 0.15) is 0 Å². The zero-order valence-corrected chi connectivity index (χ0v) is 9.42. The van der Waals surface area contributed by atoms with Crippen molar-refractivity contribution in [1.29, 1.82) is 0 Å². The second-order valence-corrected chi connectivity index (χ2v) is 3.61. The SMILES string of the molecule is COCC(N)C(=O)Nc1cc(Cl)ccc1F. The molecule has 1 rings (SSSR count). The third kappa shape index (κ3) is 3.44. The second-order valence-electron chi connectivity index (χ2n) is 3.18. The molecule has 0 radical (unpaired) electrons. The van der Waals surface area contributed by atoms with Gasteiger partial charge in [0.1, 0.15) is 11.9 Å². The molecule has 0 fully saturated rings. The summed E-state index contributed by atoms with van der Waals surface area (Å²) in [4.78, 5) is 11.4. The van der Waals surface area contributed by atoms with E-state index in [1.807, 2.05) is 0 Å². The van der Waals surface area contributed by atoms with Crippen LogP contribution >= 0.6 is 11.6 Å². The van der Waals surface area contributed by atoms with Gasteiger partial charge >= 0.3 is 0 Å². The summed E-state index contributed by atoms with van der Waals surface area (Å²) in [6.45, 7) is 0.0635. The van der Waals surface area contributed by atoms with Gasteiger partial charge in [0, 0.05) is 12.1 Å². The molecule has 1 amide bonds. The molecule has 0 spiro atoms. The molecule has 1 unspecified atom stereocenters. The number of anilines is 1. The van der Waals surface area contributed by atoms with E-state index >= 15 is 0 Å². The predicted octanol–water partition coefficient (Wildman–Crippen LogP) is 1.39. The minimum Gasteiger partial charge on any atom is -0.383 e. The molecule has 88 valence electrons. The average Bonchev–Trinajstić information content (AvgIpc) is 2.23. The maximum absolute atomic E-state index is 13.2. The molecule has 0 aromatic heterocycles. The number of hydrogen-bond donors (Lipinski definition) is 2. The highest BCUT2D eigenvalue weighted by atomic mass is 35.5. The normalized spacial score (nSPS) is 12.2. The van der Waals surface area contributed by atoms with Crippen molar-refractivity contribution >= 4 is 23.2 Å². The summed E-state index contributed by atoms with van der Waals surface area (Å²) >= 11 is 5.67. The van der Waals surface area contributed by atoms with Gasteiger partial charge in [-0.2, -0.15) is 0 Å². The number of ether oxygens (including phenoxy) is 1. The molecule has 16 heavy (non-hydrogen) atoms. The van der Waals surface area contributed by atoms with Crippen molar-refractivity contribution in [3.63, 3.8) is 0 Å².